The second-order valence-corrected chi connectivity index (χ2v) is 9.48. The number of thioether (sulfide) groups is 1. The van der Waals surface area contributed by atoms with Crippen molar-refractivity contribution in [2.75, 3.05) is 26.9 Å². The molecule has 6 nitrogen and oxygen atoms in total. The number of methoxy groups -OCH3 is 1. The lowest BCUT2D eigenvalue weighted by atomic mass is 10.1. The predicted molar refractivity (Wildman–Crippen MR) is 127 cm³/mol. The van der Waals surface area contributed by atoms with E-state index in [1.165, 1.54) is 16.7 Å². The van der Waals surface area contributed by atoms with Crippen LogP contribution in [-0.2, 0) is 14.3 Å². The number of hydrogen-bond donors (Lipinski definition) is 0. The lowest BCUT2D eigenvalue weighted by Gasteiger charge is -2.14. The van der Waals surface area contributed by atoms with Crippen molar-refractivity contribution in [2.24, 2.45) is 5.92 Å². The van der Waals surface area contributed by atoms with Crippen molar-refractivity contribution in [3.8, 4) is 11.5 Å². The third-order valence-electron chi connectivity index (χ3n) is 4.21. The Kier molecular flexibility index (Phi) is 9.64. The lowest BCUT2D eigenvalue weighted by Crippen LogP contribution is -2.30. The minimum absolute atomic E-state index is 0.106. The van der Waals surface area contributed by atoms with Crippen LogP contribution in [0.3, 0.4) is 0 Å². The number of rotatable bonds is 10. The Morgan fingerprint density at radius 1 is 1.37 bits per heavy atom. The number of carbonyl (C=O) groups excluding carboxylic acids is 2. The molecule has 164 valence electrons. The fourth-order valence-corrected chi connectivity index (χ4v) is 4.52. The number of esters is 1. The standard InChI is InChI=1S/C21H26BrNO5S2/c1-5-27-18(24)6-8-23-20(25)17(30-21(23)29)12-14-10-15(22)19(16(11-14)26-4)28-9-7-13(2)3/h10-13H,5-9H2,1-4H3/b17-12+. The van der Waals surface area contributed by atoms with Gasteiger partial charge in [0.25, 0.3) is 5.91 Å². The van der Waals surface area contributed by atoms with Gasteiger partial charge in [-0.25, -0.2) is 0 Å². The molecule has 1 aliphatic rings. The Labute approximate surface area is 195 Å². The minimum atomic E-state index is -0.350. The summed E-state index contributed by atoms with van der Waals surface area (Å²) in [6, 6.07) is 3.69. The van der Waals surface area contributed by atoms with Gasteiger partial charge in [0.1, 0.15) is 4.32 Å². The molecular weight excluding hydrogens is 490 g/mol. The lowest BCUT2D eigenvalue weighted by molar-refractivity contribution is -0.143. The summed E-state index contributed by atoms with van der Waals surface area (Å²) < 4.78 is 17.5. The van der Waals surface area contributed by atoms with Crippen LogP contribution >= 0.6 is 39.9 Å². The van der Waals surface area contributed by atoms with Gasteiger partial charge in [-0.1, -0.05) is 37.8 Å². The van der Waals surface area contributed by atoms with Gasteiger partial charge in [0.05, 0.1) is 36.1 Å². The fourth-order valence-electron chi connectivity index (χ4n) is 2.64. The zero-order valence-corrected chi connectivity index (χ0v) is 20.7. The minimum Gasteiger partial charge on any atom is -0.493 e. The monoisotopic (exact) mass is 515 g/mol. The van der Waals surface area contributed by atoms with Crippen molar-refractivity contribution in [3.63, 3.8) is 0 Å². The molecule has 0 saturated carbocycles. The van der Waals surface area contributed by atoms with Gasteiger partial charge in [-0.15, -0.1) is 0 Å². The van der Waals surface area contributed by atoms with E-state index in [4.69, 9.17) is 26.4 Å². The van der Waals surface area contributed by atoms with Crippen LogP contribution in [0.15, 0.2) is 21.5 Å². The third-order valence-corrected chi connectivity index (χ3v) is 6.18. The first-order valence-corrected chi connectivity index (χ1v) is 11.7. The number of amides is 1. The molecule has 0 unspecified atom stereocenters. The maximum atomic E-state index is 12.7. The zero-order valence-electron chi connectivity index (χ0n) is 17.5. The zero-order chi connectivity index (χ0) is 22.3. The second kappa shape index (κ2) is 11.7. The number of hydrogen-bond acceptors (Lipinski definition) is 7. The molecule has 9 heteroatoms. The Morgan fingerprint density at radius 3 is 2.73 bits per heavy atom. The second-order valence-electron chi connectivity index (χ2n) is 6.95. The number of carbonyl (C=O) groups is 2. The SMILES string of the molecule is CCOC(=O)CCN1C(=O)/C(=C\c2cc(Br)c(OCCC(C)C)c(OC)c2)SC1=S. The summed E-state index contributed by atoms with van der Waals surface area (Å²) in [5, 5.41) is 0. The van der Waals surface area contributed by atoms with Crippen LogP contribution in [0.4, 0.5) is 0 Å². The highest BCUT2D eigenvalue weighted by Crippen LogP contribution is 2.39. The topological polar surface area (TPSA) is 65.1 Å². The van der Waals surface area contributed by atoms with Crippen molar-refractivity contribution in [1.29, 1.82) is 0 Å². The van der Waals surface area contributed by atoms with E-state index in [2.05, 4.69) is 29.8 Å². The van der Waals surface area contributed by atoms with E-state index in [-0.39, 0.29) is 24.8 Å². The van der Waals surface area contributed by atoms with Crippen LogP contribution in [0.2, 0.25) is 0 Å². The van der Waals surface area contributed by atoms with Crippen molar-refractivity contribution in [3.05, 3.63) is 27.1 Å². The summed E-state index contributed by atoms with van der Waals surface area (Å²) in [7, 11) is 1.58. The third kappa shape index (κ3) is 6.72. The highest BCUT2D eigenvalue weighted by Gasteiger charge is 2.32. The van der Waals surface area contributed by atoms with Gasteiger partial charge in [0, 0.05) is 6.54 Å². The summed E-state index contributed by atoms with van der Waals surface area (Å²) in [4.78, 5) is 26.2. The first-order chi connectivity index (χ1) is 14.3. The van der Waals surface area contributed by atoms with Gasteiger partial charge in [-0.3, -0.25) is 14.5 Å². The van der Waals surface area contributed by atoms with Crippen LogP contribution in [0.1, 0.15) is 39.2 Å². The predicted octanol–water partition coefficient (Wildman–Crippen LogP) is 5.04. The fraction of sp³-hybridized carbons (Fsp3) is 0.476. The molecule has 1 amide bonds. The molecule has 0 atom stereocenters. The van der Waals surface area contributed by atoms with Crippen LogP contribution in [0, 0.1) is 5.92 Å². The van der Waals surface area contributed by atoms with Crippen molar-refractivity contribution >= 4 is 62.2 Å². The van der Waals surface area contributed by atoms with Gasteiger partial charge in [-0.05, 0) is 59.0 Å². The smallest absolute Gasteiger partial charge is 0.307 e. The highest BCUT2D eigenvalue weighted by molar-refractivity contribution is 9.10. The quantitative estimate of drug-likeness (QED) is 0.245. The van der Waals surface area contributed by atoms with E-state index < -0.39 is 0 Å². The Morgan fingerprint density at radius 2 is 2.10 bits per heavy atom. The number of benzene rings is 1. The molecular formula is C21H26BrNO5S2. The number of nitrogens with zero attached hydrogens (tertiary/aromatic N) is 1. The molecule has 1 fully saturated rings. The molecule has 0 spiro atoms. The average molecular weight is 516 g/mol. The van der Waals surface area contributed by atoms with Crippen molar-refractivity contribution < 1.29 is 23.8 Å². The Hall–Kier alpha value is -1.58. The van der Waals surface area contributed by atoms with E-state index in [1.54, 1.807) is 20.1 Å². The van der Waals surface area contributed by atoms with Gasteiger partial charge in [0.15, 0.2) is 11.5 Å². The van der Waals surface area contributed by atoms with Gasteiger partial charge in [-0.2, -0.15) is 0 Å². The summed E-state index contributed by atoms with van der Waals surface area (Å²) >= 11 is 10.1. The van der Waals surface area contributed by atoms with Crippen LogP contribution < -0.4 is 9.47 Å². The molecule has 1 aromatic carbocycles. The molecule has 1 aromatic rings. The normalized spacial score (nSPS) is 15.3. The molecule has 1 saturated heterocycles. The van der Waals surface area contributed by atoms with E-state index in [0.717, 1.165) is 16.5 Å². The molecule has 0 aliphatic carbocycles. The van der Waals surface area contributed by atoms with Crippen molar-refractivity contribution in [2.45, 2.75) is 33.6 Å². The molecule has 30 heavy (non-hydrogen) atoms. The molecule has 1 aliphatic heterocycles. The first-order valence-electron chi connectivity index (χ1n) is 9.68. The summed E-state index contributed by atoms with van der Waals surface area (Å²) in [6.07, 6.45) is 2.80. The maximum Gasteiger partial charge on any atom is 0.307 e. The number of halogens is 1. The molecule has 0 bridgehead atoms. The molecule has 0 radical (unpaired) electrons. The van der Waals surface area contributed by atoms with E-state index in [0.29, 0.717) is 39.9 Å². The highest BCUT2D eigenvalue weighted by atomic mass is 79.9. The van der Waals surface area contributed by atoms with Crippen molar-refractivity contribution in [1.82, 2.24) is 4.90 Å². The Balaban J connectivity index is 2.15. The van der Waals surface area contributed by atoms with Gasteiger partial charge >= 0.3 is 5.97 Å². The number of ether oxygens (including phenoxy) is 3. The molecule has 0 N–H and O–H groups in total. The number of thiocarbonyl (C=S) groups is 1. The summed E-state index contributed by atoms with van der Waals surface area (Å²) in [5.41, 5.74) is 0.779. The van der Waals surface area contributed by atoms with Gasteiger partial charge < -0.3 is 14.2 Å². The molecule has 1 heterocycles. The largest absolute Gasteiger partial charge is 0.493 e. The van der Waals surface area contributed by atoms with E-state index in [1.807, 2.05) is 12.1 Å². The summed E-state index contributed by atoms with van der Waals surface area (Å²) in [5.74, 6) is 1.19. The van der Waals surface area contributed by atoms with Crippen LogP contribution in [0.5, 0.6) is 11.5 Å². The van der Waals surface area contributed by atoms with Gasteiger partial charge in [0.2, 0.25) is 0 Å². The average Bonchev–Trinajstić information content (AvgIpc) is 2.94. The first kappa shape index (κ1) is 24.7. The maximum absolute atomic E-state index is 12.7. The van der Waals surface area contributed by atoms with E-state index in [9.17, 15) is 9.59 Å². The summed E-state index contributed by atoms with van der Waals surface area (Å²) in [6.45, 7) is 7.13. The Bertz CT molecular complexity index is 841. The van der Waals surface area contributed by atoms with Crippen LogP contribution in [-0.4, -0.2) is 48.0 Å². The molecule has 0 aromatic heterocycles. The van der Waals surface area contributed by atoms with E-state index >= 15 is 0 Å². The van der Waals surface area contributed by atoms with Crippen LogP contribution in [0.25, 0.3) is 6.08 Å². The molecule has 2 rings (SSSR count).